The standard InChI is InChI=1S/C24H42O/c1-18(2)8-10-22-14-23(16-24(15-22)17-25)13-20(4)9-11-21-7-5-6-19(3)12-21/h15,17-21,23-24H,5-14,16H2,1-4H3. The maximum absolute atomic E-state index is 11.4. The SMILES string of the molecule is CC(C)CCC1=CC(C=O)CC(CC(C)CCC2CCCC(C)C2)C1. The van der Waals surface area contributed by atoms with E-state index >= 15 is 0 Å². The lowest BCUT2D eigenvalue weighted by Crippen LogP contribution is -2.19. The van der Waals surface area contributed by atoms with E-state index in [4.69, 9.17) is 0 Å². The highest BCUT2D eigenvalue weighted by molar-refractivity contribution is 5.57. The van der Waals surface area contributed by atoms with E-state index in [2.05, 4.69) is 33.8 Å². The Bertz CT molecular complexity index is 422. The van der Waals surface area contributed by atoms with Gasteiger partial charge in [-0.25, -0.2) is 0 Å². The quantitative estimate of drug-likeness (QED) is 0.318. The van der Waals surface area contributed by atoms with Crippen molar-refractivity contribution in [3.63, 3.8) is 0 Å². The Morgan fingerprint density at radius 2 is 1.92 bits per heavy atom. The molecule has 1 fully saturated rings. The normalized spacial score (nSPS) is 31.6. The fraction of sp³-hybridized carbons (Fsp3) is 0.875. The molecule has 0 aromatic carbocycles. The van der Waals surface area contributed by atoms with Gasteiger partial charge in [0.25, 0.3) is 0 Å². The molecule has 0 aliphatic heterocycles. The molecule has 0 radical (unpaired) electrons. The second-order valence-corrected chi connectivity index (χ2v) is 9.92. The molecule has 2 aliphatic rings. The average Bonchev–Trinajstić information content (AvgIpc) is 2.58. The monoisotopic (exact) mass is 346 g/mol. The van der Waals surface area contributed by atoms with Gasteiger partial charge in [0.05, 0.1) is 0 Å². The minimum absolute atomic E-state index is 0.187. The molecule has 0 amide bonds. The van der Waals surface area contributed by atoms with E-state index in [1.807, 2.05) is 0 Å². The van der Waals surface area contributed by atoms with Gasteiger partial charge in [0, 0.05) is 5.92 Å². The Kier molecular flexibility index (Phi) is 8.73. The first-order valence-electron chi connectivity index (χ1n) is 11.1. The van der Waals surface area contributed by atoms with Crippen LogP contribution in [-0.2, 0) is 4.79 Å². The van der Waals surface area contributed by atoms with Crippen LogP contribution >= 0.6 is 0 Å². The van der Waals surface area contributed by atoms with E-state index in [1.165, 1.54) is 70.5 Å². The van der Waals surface area contributed by atoms with Crippen LogP contribution in [0.4, 0.5) is 0 Å². The second kappa shape index (κ2) is 10.5. The maximum atomic E-state index is 11.4. The van der Waals surface area contributed by atoms with Crippen LogP contribution in [0.15, 0.2) is 11.6 Å². The summed E-state index contributed by atoms with van der Waals surface area (Å²) in [4.78, 5) is 11.4. The highest BCUT2D eigenvalue weighted by Crippen LogP contribution is 2.37. The van der Waals surface area contributed by atoms with Crippen molar-refractivity contribution in [1.82, 2.24) is 0 Å². The number of allylic oxidation sites excluding steroid dienone is 2. The lowest BCUT2D eigenvalue weighted by atomic mass is 9.75. The minimum atomic E-state index is 0.187. The second-order valence-electron chi connectivity index (χ2n) is 9.92. The predicted octanol–water partition coefficient (Wildman–Crippen LogP) is 7.21. The fourth-order valence-corrected chi connectivity index (χ4v) is 5.24. The summed E-state index contributed by atoms with van der Waals surface area (Å²) in [5, 5.41) is 0. The molecule has 0 N–H and O–H groups in total. The predicted molar refractivity (Wildman–Crippen MR) is 109 cm³/mol. The van der Waals surface area contributed by atoms with E-state index in [9.17, 15) is 4.79 Å². The summed E-state index contributed by atoms with van der Waals surface area (Å²) in [5.41, 5.74) is 1.57. The van der Waals surface area contributed by atoms with Crippen LogP contribution in [0.3, 0.4) is 0 Å². The maximum Gasteiger partial charge on any atom is 0.126 e. The molecule has 0 aromatic heterocycles. The van der Waals surface area contributed by atoms with Crippen LogP contribution in [0.1, 0.15) is 98.3 Å². The van der Waals surface area contributed by atoms with Crippen molar-refractivity contribution >= 4 is 6.29 Å². The molecule has 0 aromatic rings. The largest absolute Gasteiger partial charge is 0.303 e. The highest BCUT2D eigenvalue weighted by Gasteiger charge is 2.25. The summed E-state index contributed by atoms with van der Waals surface area (Å²) >= 11 is 0. The van der Waals surface area contributed by atoms with Gasteiger partial charge in [-0.2, -0.15) is 0 Å². The summed E-state index contributed by atoms with van der Waals surface area (Å²) in [5.74, 6) is 4.44. The molecule has 2 aliphatic carbocycles. The molecule has 0 saturated heterocycles. The van der Waals surface area contributed by atoms with E-state index in [0.29, 0.717) is 0 Å². The third kappa shape index (κ3) is 7.67. The van der Waals surface area contributed by atoms with Crippen LogP contribution in [-0.4, -0.2) is 6.29 Å². The summed E-state index contributed by atoms with van der Waals surface area (Å²) in [6.45, 7) is 9.48. The summed E-state index contributed by atoms with van der Waals surface area (Å²) < 4.78 is 0. The summed E-state index contributed by atoms with van der Waals surface area (Å²) in [6.07, 6.45) is 18.3. The van der Waals surface area contributed by atoms with Gasteiger partial charge in [-0.15, -0.1) is 0 Å². The Morgan fingerprint density at radius 1 is 1.12 bits per heavy atom. The lowest BCUT2D eigenvalue weighted by molar-refractivity contribution is -0.110. The lowest BCUT2D eigenvalue weighted by Gasteiger charge is -2.30. The van der Waals surface area contributed by atoms with Crippen LogP contribution in [0.25, 0.3) is 0 Å². The van der Waals surface area contributed by atoms with Gasteiger partial charge in [-0.1, -0.05) is 71.4 Å². The molecular formula is C24H42O. The Hall–Kier alpha value is -0.590. The Balaban J connectivity index is 1.76. The smallest absolute Gasteiger partial charge is 0.126 e. The first-order chi connectivity index (χ1) is 12.0. The van der Waals surface area contributed by atoms with Crippen molar-refractivity contribution in [3.8, 4) is 0 Å². The van der Waals surface area contributed by atoms with Gasteiger partial charge in [-0.05, 0) is 68.1 Å². The van der Waals surface area contributed by atoms with Gasteiger partial charge in [0.2, 0.25) is 0 Å². The molecule has 144 valence electrons. The van der Waals surface area contributed by atoms with E-state index in [0.717, 1.165) is 36.0 Å². The average molecular weight is 347 g/mol. The van der Waals surface area contributed by atoms with Gasteiger partial charge in [0.15, 0.2) is 0 Å². The third-order valence-electron chi connectivity index (χ3n) is 6.67. The molecule has 1 nitrogen and oxygen atoms in total. The Labute approximate surface area is 157 Å². The topological polar surface area (TPSA) is 17.1 Å². The minimum Gasteiger partial charge on any atom is -0.303 e. The number of carbonyl (C=O) groups excluding carboxylic acids is 1. The summed E-state index contributed by atoms with van der Waals surface area (Å²) in [7, 11) is 0. The fourth-order valence-electron chi connectivity index (χ4n) is 5.24. The van der Waals surface area contributed by atoms with Crippen LogP contribution in [0.2, 0.25) is 0 Å². The molecule has 5 unspecified atom stereocenters. The number of rotatable bonds is 9. The van der Waals surface area contributed by atoms with Gasteiger partial charge in [0.1, 0.15) is 6.29 Å². The van der Waals surface area contributed by atoms with Crippen LogP contribution in [0, 0.1) is 35.5 Å². The van der Waals surface area contributed by atoms with Crippen molar-refractivity contribution in [2.75, 3.05) is 0 Å². The summed E-state index contributed by atoms with van der Waals surface area (Å²) in [6, 6.07) is 0. The third-order valence-corrected chi connectivity index (χ3v) is 6.67. The molecule has 0 heterocycles. The van der Waals surface area contributed by atoms with Gasteiger partial charge < -0.3 is 4.79 Å². The van der Waals surface area contributed by atoms with Crippen LogP contribution < -0.4 is 0 Å². The molecule has 1 heteroatoms. The molecule has 0 bridgehead atoms. The van der Waals surface area contributed by atoms with Crippen molar-refractivity contribution in [1.29, 1.82) is 0 Å². The Morgan fingerprint density at radius 3 is 2.60 bits per heavy atom. The van der Waals surface area contributed by atoms with E-state index in [1.54, 1.807) is 5.57 Å². The van der Waals surface area contributed by atoms with Crippen molar-refractivity contribution in [3.05, 3.63) is 11.6 Å². The first-order valence-corrected chi connectivity index (χ1v) is 11.1. The molecular weight excluding hydrogens is 304 g/mol. The van der Waals surface area contributed by atoms with E-state index < -0.39 is 0 Å². The first kappa shape index (κ1) is 20.7. The molecule has 0 spiro atoms. The molecule has 25 heavy (non-hydrogen) atoms. The van der Waals surface area contributed by atoms with Crippen molar-refractivity contribution in [2.24, 2.45) is 35.5 Å². The molecule has 2 rings (SSSR count). The number of hydrogen-bond acceptors (Lipinski definition) is 1. The number of hydrogen-bond donors (Lipinski definition) is 0. The van der Waals surface area contributed by atoms with Crippen LogP contribution in [0.5, 0.6) is 0 Å². The highest BCUT2D eigenvalue weighted by atomic mass is 16.1. The zero-order valence-corrected chi connectivity index (χ0v) is 17.3. The van der Waals surface area contributed by atoms with Gasteiger partial charge >= 0.3 is 0 Å². The van der Waals surface area contributed by atoms with Crippen molar-refractivity contribution in [2.45, 2.75) is 98.3 Å². The van der Waals surface area contributed by atoms with Crippen molar-refractivity contribution < 1.29 is 4.79 Å². The number of aldehydes is 1. The van der Waals surface area contributed by atoms with Gasteiger partial charge in [-0.3, -0.25) is 0 Å². The van der Waals surface area contributed by atoms with E-state index in [-0.39, 0.29) is 5.92 Å². The zero-order chi connectivity index (χ0) is 18.2. The zero-order valence-electron chi connectivity index (χ0n) is 17.3. The molecule has 1 saturated carbocycles. The molecule has 5 atom stereocenters. The number of carbonyl (C=O) groups is 1.